The molecule has 0 unspecified atom stereocenters. The number of hydrogen-bond donors (Lipinski definition) is 3. The van der Waals surface area contributed by atoms with Crippen molar-refractivity contribution in [1.82, 2.24) is 0 Å². The molecule has 26 heavy (non-hydrogen) atoms. The minimum atomic E-state index is -0.722. The lowest BCUT2D eigenvalue weighted by Gasteiger charge is -2.11. The molecule has 3 aromatic carbocycles. The monoisotopic (exact) mass is 348 g/mol. The van der Waals surface area contributed by atoms with Crippen molar-refractivity contribution in [2.45, 2.75) is 6.92 Å². The van der Waals surface area contributed by atoms with E-state index in [-0.39, 0.29) is 28.2 Å². The number of phenols is 1. The zero-order chi connectivity index (χ0) is 18.8. The minimum absolute atomic E-state index is 0.0871. The van der Waals surface area contributed by atoms with Gasteiger partial charge in [0.2, 0.25) is 5.91 Å². The van der Waals surface area contributed by atoms with E-state index in [4.69, 9.17) is 5.73 Å². The number of Topliss-reactive ketones (excluding diaryl/α,β-unsaturated/α-hetero) is 1. The summed E-state index contributed by atoms with van der Waals surface area (Å²) in [6, 6.07) is 14.7. The van der Waals surface area contributed by atoms with Crippen LogP contribution in [0, 0.1) is 0 Å². The number of nitrogens with two attached hydrogens (primary N) is 1. The molecule has 130 valence electrons. The van der Waals surface area contributed by atoms with E-state index < -0.39 is 11.8 Å². The molecule has 6 nitrogen and oxygen atoms in total. The fraction of sp³-hybridized carbons (Fsp3) is 0.0500. The van der Waals surface area contributed by atoms with Crippen LogP contribution in [0.3, 0.4) is 0 Å². The number of ketones is 1. The molecule has 6 heteroatoms. The van der Waals surface area contributed by atoms with Crippen LogP contribution in [-0.4, -0.2) is 22.7 Å². The number of hydrogen-bond acceptors (Lipinski definition) is 4. The first kappa shape index (κ1) is 17.2. The van der Waals surface area contributed by atoms with E-state index in [1.165, 1.54) is 31.2 Å². The van der Waals surface area contributed by atoms with Gasteiger partial charge in [0.15, 0.2) is 5.78 Å². The maximum Gasteiger partial charge on any atom is 0.259 e. The van der Waals surface area contributed by atoms with Crippen LogP contribution in [0.1, 0.15) is 38.0 Å². The summed E-state index contributed by atoms with van der Waals surface area (Å²) < 4.78 is 0. The number of carbonyl (C=O) groups excluding carboxylic acids is 3. The third kappa shape index (κ3) is 3.25. The Morgan fingerprint density at radius 3 is 2.15 bits per heavy atom. The molecule has 0 bridgehead atoms. The predicted octanol–water partition coefficient (Wildman–Crippen LogP) is 3.10. The van der Waals surface area contributed by atoms with Crippen LogP contribution in [0.5, 0.6) is 5.75 Å². The lowest BCUT2D eigenvalue weighted by Crippen LogP contribution is -2.17. The molecular formula is C20H16N2O4. The number of nitrogens with one attached hydrogen (secondary N) is 1. The standard InChI is InChI=1S/C20H16N2O4/c1-11(23)16-10-14(6-7-15(16)19(21)25)22-20(26)17-8-12-4-2-3-5-13(12)9-18(17)24/h2-10,24H,1H3,(H2,21,25)(H,22,26). The van der Waals surface area contributed by atoms with Gasteiger partial charge in [-0.05, 0) is 48.0 Å². The number of amides is 2. The van der Waals surface area contributed by atoms with E-state index in [0.29, 0.717) is 5.69 Å². The number of aromatic hydroxyl groups is 1. The highest BCUT2D eigenvalue weighted by atomic mass is 16.3. The number of primary amides is 1. The molecule has 0 heterocycles. The highest BCUT2D eigenvalue weighted by molar-refractivity contribution is 6.11. The van der Waals surface area contributed by atoms with E-state index in [1.807, 2.05) is 24.3 Å². The van der Waals surface area contributed by atoms with Crippen LogP contribution in [0.15, 0.2) is 54.6 Å². The normalized spacial score (nSPS) is 10.5. The van der Waals surface area contributed by atoms with Gasteiger partial charge < -0.3 is 16.2 Å². The molecule has 0 atom stereocenters. The molecule has 0 spiro atoms. The van der Waals surface area contributed by atoms with Crippen molar-refractivity contribution in [3.05, 3.63) is 71.3 Å². The molecule has 0 aliphatic heterocycles. The van der Waals surface area contributed by atoms with Crippen molar-refractivity contribution in [2.24, 2.45) is 5.73 Å². The Morgan fingerprint density at radius 1 is 0.885 bits per heavy atom. The lowest BCUT2D eigenvalue weighted by molar-refractivity contribution is 0.0973. The van der Waals surface area contributed by atoms with Gasteiger partial charge in [-0.15, -0.1) is 0 Å². The Labute approximate surface area is 149 Å². The highest BCUT2D eigenvalue weighted by Gasteiger charge is 2.16. The first-order valence-electron chi connectivity index (χ1n) is 7.84. The Bertz CT molecular complexity index is 1060. The van der Waals surface area contributed by atoms with E-state index in [2.05, 4.69) is 5.32 Å². The molecule has 0 fully saturated rings. The van der Waals surface area contributed by atoms with Gasteiger partial charge in [-0.3, -0.25) is 14.4 Å². The largest absolute Gasteiger partial charge is 0.507 e. The fourth-order valence-corrected chi connectivity index (χ4v) is 2.74. The Balaban J connectivity index is 1.95. The topological polar surface area (TPSA) is 109 Å². The van der Waals surface area contributed by atoms with Crippen molar-refractivity contribution in [2.75, 3.05) is 5.32 Å². The Kier molecular flexibility index (Phi) is 4.41. The molecule has 0 saturated heterocycles. The number of carbonyl (C=O) groups is 3. The van der Waals surface area contributed by atoms with E-state index >= 15 is 0 Å². The second kappa shape index (κ2) is 6.68. The molecule has 0 aliphatic carbocycles. The maximum atomic E-state index is 12.5. The lowest BCUT2D eigenvalue weighted by atomic mass is 10.0. The Morgan fingerprint density at radius 2 is 1.54 bits per heavy atom. The zero-order valence-corrected chi connectivity index (χ0v) is 13.9. The van der Waals surface area contributed by atoms with Crippen molar-refractivity contribution in [1.29, 1.82) is 0 Å². The van der Waals surface area contributed by atoms with Crippen LogP contribution in [0.2, 0.25) is 0 Å². The first-order chi connectivity index (χ1) is 12.4. The van der Waals surface area contributed by atoms with Gasteiger partial charge in [-0.25, -0.2) is 0 Å². The highest BCUT2D eigenvalue weighted by Crippen LogP contribution is 2.26. The molecule has 0 radical (unpaired) electrons. The van der Waals surface area contributed by atoms with Crippen LogP contribution < -0.4 is 11.1 Å². The fourth-order valence-electron chi connectivity index (χ4n) is 2.74. The van der Waals surface area contributed by atoms with Crippen molar-refractivity contribution < 1.29 is 19.5 Å². The molecule has 4 N–H and O–H groups in total. The summed E-state index contributed by atoms with van der Waals surface area (Å²) in [5.41, 5.74) is 5.89. The quantitative estimate of drug-likeness (QED) is 0.629. The number of fused-ring (bicyclic) bond motifs is 1. The molecular weight excluding hydrogens is 332 g/mol. The van der Waals surface area contributed by atoms with Gasteiger partial charge >= 0.3 is 0 Å². The summed E-state index contributed by atoms with van der Waals surface area (Å²) in [6.07, 6.45) is 0. The average Bonchev–Trinajstić information content (AvgIpc) is 2.60. The van der Waals surface area contributed by atoms with Gasteiger partial charge in [-0.1, -0.05) is 24.3 Å². The van der Waals surface area contributed by atoms with Crippen LogP contribution in [-0.2, 0) is 0 Å². The third-order valence-electron chi connectivity index (χ3n) is 4.03. The van der Waals surface area contributed by atoms with Gasteiger partial charge in [0.1, 0.15) is 5.75 Å². The van der Waals surface area contributed by atoms with Gasteiger partial charge in [0.25, 0.3) is 5.91 Å². The van der Waals surface area contributed by atoms with Crippen LogP contribution >= 0.6 is 0 Å². The number of rotatable bonds is 4. The van der Waals surface area contributed by atoms with Crippen molar-refractivity contribution >= 4 is 34.1 Å². The maximum absolute atomic E-state index is 12.5. The molecule has 2 amide bonds. The summed E-state index contributed by atoms with van der Waals surface area (Å²) in [7, 11) is 0. The summed E-state index contributed by atoms with van der Waals surface area (Å²) >= 11 is 0. The molecule has 3 rings (SSSR count). The molecule has 0 aliphatic rings. The van der Waals surface area contributed by atoms with E-state index in [1.54, 1.807) is 6.07 Å². The van der Waals surface area contributed by atoms with Gasteiger partial charge in [-0.2, -0.15) is 0 Å². The summed E-state index contributed by atoms with van der Waals surface area (Å²) in [5, 5.41) is 14.4. The van der Waals surface area contributed by atoms with Crippen LogP contribution in [0.25, 0.3) is 10.8 Å². The van der Waals surface area contributed by atoms with Gasteiger partial charge in [0, 0.05) is 11.3 Å². The minimum Gasteiger partial charge on any atom is -0.507 e. The van der Waals surface area contributed by atoms with Crippen molar-refractivity contribution in [3.8, 4) is 5.75 Å². The second-order valence-corrected chi connectivity index (χ2v) is 5.85. The van der Waals surface area contributed by atoms with Crippen LogP contribution in [0.4, 0.5) is 5.69 Å². The average molecular weight is 348 g/mol. The van der Waals surface area contributed by atoms with E-state index in [9.17, 15) is 19.5 Å². The predicted molar refractivity (Wildman–Crippen MR) is 98.5 cm³/mol. The Hall–Kier alpha value is -3.67. The zero-order valence-electron chi connectivity index (χ0n) is 13.9. The van der Waals surface area contributed by atoms with E-state index in [0.717, 1.165) is 10.8 Å². The summed E-state index contributed by atoms with van der Waals surface area (Å²) in [4.78, 5) is 35.6. The number of phenolic OH excluding ortho intramolecular Hbond substituents is 1. The smallest absolute Gasteiger partial charge is 0.259 e. The van der Waals surface area contributed by atoms with Gasteiger partial charge in [0.05, 0.1) is 11.1 Å². The summed E-state index contributed by atoms with van der Waals surface area (Å²) in [6.45, 7) is 1.31. The third-order valence-corrected chi connectivity index (χ3v) is 4.03. The molecule has 3 aromatic rings. The summed E-state index contributed by atoms with van der Waals surface area (Å²) in [5.74, 6) is -1.75. The number of anilines is 1. The SMILES string of the molecule is CC(=O)c1cc(NC(=O)c2cc3ccccc3cc2O)ccc1C(N)=O. The second-order valence-electron chi connectivity index (χ2n) is 5.85. The number of benzene rings is 3. The first-order valence-corrected chi connectivity index (χ1v) is 7.84. The molecule has 0 saturated carbocycles. The van der Waals surface area contributed by atoms with Crippen molar-refractivity contribution in [3.63, 3.8) is 0 Å². The molecule has 0 aromatic heterocycles.